The number of carboxylic acids is 1. The first kappa shape index (κ1) is 15.9. The van der Waals surface area contributed by atoms with Crippen LogP contribution in [0.3, 0.4) is 0 Å². The summed E-state index contributed by atoms with van der Waals surface area (Å²) < 4.78 is 26.6. The van der Waals surface area contributed by atoms with E-state index in [1.54, 1.807) is 6.92 Å². The smallest absolute Gasteiger partial charge is 0.319 e. The Balaban J connectivity index is 2.67. The van der Waals surface area contributed by atoms with Gasteiger partial charge in [0.05, 0.1) is 5.41 Å². The number of aliphatic carboxylic acids is 1. The molecule has 1 rings (SSSR count). The summed E-state index contributed by atoms with van der Waals surface area (Å²) in [6.45, 7) is 2.99. The van der Waals surface area contributed by atoms with Gasteiger partial charge in [-0.25, -0.2) is 13.6 Å². The molecule has 1 aromatic carbocycles. The largest absolute Gasteiger partial charge is 0.481 e. The van der Waals surface area contributed by atoms with Crippen molar-refractivity contribution in [1.29, 1.82) is 0 Å². The number of anilines is 1. The van der Waals surface area contributed by atoms with Crippen LogP contribution in [0.25, 0.3) is 0 Å². The summed E-state index contributed by atoms with van der Waals surface area (Å²) in [6.07, 6.45) is 0.302. The Labute approximate surface area is 115 Å². The predicted molar refractivity (Wildman–Crippen MR) is 69.4 cm³/mol. The van der Waals surface area contributed by atoms with Gasteiger partial charge >= 0.3 is 12.0 Å². The zero-order valence-electron chi connectivity index (χ0n) is 11.2. The molecule has 3 N–H and O–H groups in total. The molecule has 0 saturated heterocycles. The van der Waals surface area contributed by atoms with Gasteiger partial charge in [0.15, 0.2) is 0 Å². The molecule has 0 spiro atoms. The summed E-state index contributed by atoms with van der Waals surface area (Å²) in [5.41, 5.74) is -1.70. The summed E-state index contributed by atoms with van der Waals surface area (Å²) in [6, 6.07) is 2.32. The molecule has 1 aromatic rings. The van der Waals surface area contributed by atoms with E-state index < -0.39 is 34.7 Å². The van der Waals surface area contributed by atoms with Crippen LogP contribution in [0.1, 0.15) is 20.3 Å². The molecular formula is C13H16F2N2O3. The van der Waals surface area contributed by atoms with Crippen molar-refractivity contribution in [2.75, 3.05) is 11.9 Å². The van der Waals surface area contributed by atoms with Crippen LogP contribution in [0.15, 0.2) is 18.2 Å². The van der Waals surface area contributed by atoms with Gasteiger partial charge < -0.3 is 15.7 Å². The van der Waals surface area contributed by atoms with Gasteiger partial charge in [-0.15, -0.1) is 0 Å². The van der Waals surface area contributed by atoms with Crippen LogP contribution in [-0.4, -0.2) is 23.7 Å². The van der Waals surface area contributed by atoms with Crippen LogP contribution >= 0.6 is 0 Å². The Hall–Kier alpha value is -2.18. The van der Waals surface area contributed by atoms with Crippen molar-refractivity contribution in [1.82, 2.24) is 5.32 Å². The average molecular weight is 286 g/mol. The van der Waals surface area contributed by atoms with E-state index in [4.69, 9.17) is 5.11 Å². The summed E-state index contributed by atoms with van der Waals surface area (Å²) >= 11 is 0. The second-order valence-corrected chi connectivity index (χ2v) is 4.62. The number of amides is 2. The molecule has 20 heavy (non-hydrogen) atoms. The van der Waals surface area contributed by atoms with Gasteiger partial charge in [0, 0.05) is 6.54 Å². The minimum atomic E-state index is -1.13. The summed E-state index contributed by atoms with van der Waals surface area (Å²) in [5.74, 6) is -2.87. The first-order valence-electron chi connectivity index (χ1n) is 6.02. The number of benzene rings is 1. The monoisotopic (exact) mass is 286 g/mol. The number of hydrogen-bond donors (Lipinski definition) is 3. The third kappa shape index (κ3) is 3.66. The normalized spacial score (nSPS) is 13.4. The minimum Gasteiger partial charge on any atom is -0.481 e. The molecule has 1 atom stereocenters. The van der Waals surface area contributed by atoms with Crippen molar-refractivity contribution >= 4 is 17.7 Å². The number of hydrogen-bond acceptors (Lipinski definition) is 2. The first-order chi connectivity index (χ1) is 9.30. The molecule has 110 valence electrons. The maximum absolute atomic E-state index is 13.3. The van der Waals surface area contributed by atoms with Gasteiger partial charge in [0.2, 0.25) is 0 Å². The van der Waals surface area contributed by atoms with Gasteiger partial charge in [-0.3, -0.25) is 4.79 Å². The molecule has 2 amide bonds. The number of urea groups is 1. The number of carboxylic acid groups (broad SMARTS) is 1. The third-order valence-electron chi connectivity index (χ3n) is 3.14. The maximum atomic E-state index is 13.3. The van der Waals surface area contributed by atoms with E-state index in [1.807, 2.05) is 5.32 Å². The van der Waals surface area contributed by atoms with Gasteiger partial charge in [0.1, 0.15) is 17.3 Å². The quantitative estimate of drug-likeness (QED) is 0.778. The number of nitrogens with one attached hydrogen (secondary N) is 2. The summed E-state index contributed by atoms with van der Waals surface area (Å²) in [7, 11) is 0. The van der Waals surface area contributed by atoms with Crippen LogP contribution in [-0.2, 0) is 4.79 Å². The van der Waals surface area contributed by atoms with E-state index in [1.165, 1.54) is 13.0 Å². The molecule has 0 fully saturated rings. The molecule has 0 bridgehead atoms. The lowest BCUT2D eigenvalue weighted by Gasteiger charge is -2.23. The fourth-order valence-corrected chi connectivity index (χ4v) is 1.40. The number of halogens is 2. The molecule has 0 aliphatic carbocycles. The number of carbonyl (C=O) groups excluding carboxylic acids is 1. The molecule has 7 heteroatoms. The highest BCUT2D eigenvalue weighted by atomic mass is 19.1. The fraction of sp³-hybridized carbons (Fsp3) is 0.385. The van der Waals surface area contributed by atoms with Crippen LogP contribution in [0, 0.1) is 17.0 Å². The molecule has 0 aliphatic rings. The highest BCUT2D eigenvalue weighted by Crippen LogP contribution is 2.20. The van der Waals surface area contributed by atoms with E-state index in [9.17, 15) is 18.4 Å². The maximum Gasteiger partial charge on any atom is 0.319 e. The zero-order chi connectivity index (χ0) is 15.3. The fourth-order valence-electron chi connectivity index (χ4n) is 1.40. The second kappa shape index (κ2) is 6.31. The standard InChI is InChI=1S/C13H16F2N2O3/c1-3-13(2,11(18)19)7-16-12(20)17-10-8(14)5-4-6-9(10)15/h4-6H,3,7H2,1-2H3,(H,18,19)(H2,16,17,20). The SMILES string of the molecule is CCC(C)(CNC(=O)Nc1c(F)cccc1F)C(=O)O. The lowest BCUT2D eigenvalue weighted by atomic mass is 9.88. The lowest BCUT2D eigenvalue weighted by molar-refractivity contribution is -0.147. The Morgan fingerprint density at radius 2 is 1.85 bits per heavy atom. The summed E-state index contributed by atoms with van der Waals surface area (Å²) in [5, 5.41) is 13.3. The third-order valence-corrected chi connectivity index (χ3v) is 3.14. The molecule has 0 aliphatic heterocycles. The molecule has 1 unspecified atom stereocenters. The van der Waals surface area contributed by atoms with Crippen molar-refractivity contribution in [3.05, 3.63) is 29.8 Å². The molecule has 0 heterocycles. The van der Waals surface area contributed by atoms with Crippen LogP contribution in [0.4, 0.5) is 19.3 Å². The van der Waals surface area contributed by atoms with Gasteiger partial charge in [-0.1, -0.05) is 13.0 Å². The number of rotatable bonds is 5. The summed E-state index contributed by atoms with van der Waals surface area (Å²) in [4.78, 5) is 22.6. The first-order valence-corrected chi connectivity index (χ1v) is 6.02. The Bertz CT molecular complexity index is 502. The zero-order valence-corrected chi connectivity index (χ0v) is 11.2. The molecular weight excluding hydrogens is 270 g/mol. The van der Waals surface area contributed by atoms with E-state index in [2.05, 4.69) is 5.32 Å². The lowest BCUT2D eigenvalue weighted by Crippen LogP contribution is -2.42. The van der Waals surface area contributed by atoms with E-state index in [0.717, 1.165) is 12.1 Å². The molecule has 0 saturated carbocycles. The topological polar surface area (TPSA) is 78.4 Å². The predicted octanol–water partition coefficient (Wildman–Crippen LogP) is 2.59. The highest BCUT2D eigenvalue weighted by molar-refractivity contribution is 5.90. The molecule has 5 nitrogen and oxygen atoms in total. The minimum absolute atomic E-state index is 0.152. The van der Waals surface area contributed by atoms with Crippen molar-refractivity contribution < 1.29 is 23.5 Å². The Kier molecular flexibility index (Phi) is 5.01. The van der Waals surface area contributed by atoms with Crippen molar-refractivity contribution in [2.24, 2.45) is 5.41 Å². The van der Waals surface area contributed by atoms with Crippen LogP contribution in [0.5, 0.6) is 0 Å². The van der Waals surface area contributed by atoms with E-state index in [-0.39, 0.29) is 6.54 Å². The average Bonchev–Trinajstić information content (AvgIpc) is 2.40. The van der Waals surface area contributed by atoms with Crippen molar-refractivity contribution in [3.63, 3.8) is 0 Å². The Morgan fingerprint density at radius 3 is 2.30 bits per heavy atom. The highest BCUT2D eigenvalue weighted by Gasteiger charge is 2.31. The van der Waals surface area contributed by atoms with Crippen molar-refractivity contribution in [3.8, 4) is 0 Å². The second-order valence-electron chi connectivity index (χ2n) is 4.62. The van der Waals surface area contributed by atoms with Crippen LogP contribution in [0.2, 0.25) is 0 Å². The number of para-hydroxylation sites is 1. The molecule has 0 radical (unpaired) electrons. The molecule has 0 aromatic heterocycles. The number of carbonyl (C=O) groups is 2. The van der Waals surface area contributed by atoms with Crippen molar-refractivity contribution in [2.45, 2.75) is 20.3 Å². The van der Waals surface area contributed by atoms with Crippen LogP contribution < -0.4 is 10.6 Å². The van der Waals surface area contributed by atoms with Gasteiger partial charge in [-0.2, -0.15) is 0 Å². The van der Waals surface area contributed by atoms with E-state index in [0.29, 0.717) is 6.42 Å². The Morgan fingerprint density at radius 1 is 1.30 bits per heavy atom. The van der Waals surface area contributed by atoms with E-state index >= 15 is 0 Å². The van der Waals surface area contributed by atoms with Gasteiger partial charge in [-0.05, 0) is 25.5 Å². The van der Waals surface area contributed by atoms with Gasteiger partial charge in [0.25, 0.3) is 0 Å².